The Morgan fingerprint density at radius 1 is 0.727 bits per heavy atom. The van der Waals surface area contributed by atoms with Gasteiger partial charge in [-0.15, -0.1) is 0 Å². The molecule has 22 heavy (non-hydrogen) atoms. The second-order valence-corrected chi connectivity index (χ2v) is 6.59. The summed E-state index contributed by atoms with van der Waals surface area (Å²) < 4.78 is 0. The number of aliphatic carboxylic acids is 4. The van der Waals surface area contributed by atoms with Crippen LogP contribution in [0.25, 0.3) is 0 Å². The standard InChI is InChI=1S/C14H18O8/c1-13(11(19)20)7-3-5(9(15)16)6(10(17)18)4-8(7)14(13,2)12(21)22/h5-8H,3-4H2,1-2H3,(H,15,16)(H,17,18)(H,19,20)(H,21,22). The molecular formula is C14H18O8. The zero-order valence-corrected chi connectivity index (χ0v) is 12.1. The van der Waals surface area contributed by atoms with E-state index in [2.05, 4.69) is 0 Å². The Morgan fingerprint density at radius 3 is 1.18 bits per heavy atom. The van der Waals surface area contributed by atoms with Gasteiger partial charge in [0.25, 0.3) is 0 Å². The average molecular weight is 314 g/mol. The fourth-order valence-electron chi connectivity index (χ4n) is 4.46. The van der Waals surface area contributed by atoms with Crippen LogP contribution in [0, 0.1) is 34.5 Å². The summed E-state index contributed by atoms with van der Waals surface area (Å²) in [6, 6.07) is 0. The first-order chi connectivity index (χ1) is 9.99. The van der Waals surface area contributed by atoms with Gasteiger partial charge in [-0.1, -0.05) is 0 Å². The monoisotopic (exact) mass is 314 g/mol. The molecule has 6 atom stereocenters. The molecule has 4 N–H and O–H groups in total. The van der Waals surface area contributed by atoms with E-state index in [1.807, 2.05) is 0 Å². The largest absolute Gasteiger partial charge is 0.481 e. The molecule has 0 radical (unpaired) electrons. The molecule has 0 aromatic carbocycles. The summed E-state index contributed by atoms with van der Waals surface area (Å²) in [6.45, 7) is 2.62. The molecule has 2 fully saturated rings. The van der Waals surface area contributed by atoms with Crippen LogP contribution in [0.1, 0.15) is 26.7 Å². The van der Waals surface area contributed by atoms with Gasteiger partial charge >= 0.3 is 23.9 Å². The summed E-state index contributed by atoms with van der Waals surface area (Å²) >= 11 is 0. The Hall–Kier alpha value is -2.12. The lowest BCUT2D eigenvalue weighted by molar-refractivity contribution is -0.241. The molecule has 2 aliphatic carbocycles. The maximum Gasteiger partial charge on any atom is 0.310 e. The van der Waals surface area contributed by atoms with E-state index in [1.165, 1.54) is 13.8 Å². The first kappa shape index (κ1) is 16.3. The van der Waals surface area contributed by atoms with E-state index in [9.17, 15) is 39.6 Å². The van der Waals surface area contributed by atoms with Gasteiger partial charge in [0.05, 0.1) is 22.7 Å². The van der Waals surface area contributed by atoms with E-state index in [-0.39, 0.29) is 12.8 Å². The average Bonchev–Trinajstić information content (AvgIpc) is 2.43. The maximum absolute atomic E-state index is 11.6. The van der Waals surface area contributed by atoms with Gasteiger partial charge in [0.2, 0.25) is 0 Å². The van der Waals surface area contributed by atoms with E-state index in [4.69, 9.17) is 0 Å². The highest BCUT2D eigenvalue weighted by molar-refractivity contribution is 5.90. The van der Waals surface area contributed by atoms with Crippen molar-refractivity contribution in [3.05, 3.63) is 0 Å². The Labute approximate surface area is 125 Å². The lowest BCUT2D eigenvalue weighted by Gasteiger charge is -2.65. The molecule has 0 amide bonds. The number of carbonyl (C=O) groups is 4. The molecule has 0 bridgehead atoms. The highest BCUT2D eigenvalue weighted by Gasteiger charge is 2.76. The van der Waals surface area contributed by atoms with E-state index in [1.54, 1.807) is 0 Å². The van der Waals surface area contributed by atoms with Gasteiger partial charge in [-0.25, -0.2) is 0 Å². The third-order valence-electron chi connectivity index (χ3n) is 6.07. The number of carboxylic acid groups (broad SMARTS) is 4. The van der Waals surface area contributed by atoms with Gasteiger partial charge in [0.1, 0.15) is 0 Å². The van der Waals surface area contributed by atoms with Crippen LogP contribution in [-0.2, 0) is 19.2 Å². The van der Waals surface area contributed by atoms with Gasteiger partial charge in [-0.2, -0.15) is 0 Å². The summed E-state index contributed by atoms with van der Waals surface area (Å²) in [5, 5.41) is 37.4. The topological polar surface area (TPSA) is 149 Å². The summed E-state index contributed by atoms with van der Waals surface area (Å²) in [4.78, 5) is 45.9. The molecule has 8 heteroatoms. The lowest BCUT2D eigenvalue weighted by atomic mass is 9.35. The van der Waals surface area contributed by atoms with Crippen molar-refractivity contribution < 1.29 is 39.6 Å². The molecule has 0 aromatic heterocycles. The molecule has 0 spiro atoms. The van der Waals surface area contributed by atoms with E-state index >= 15 is 0 Å². The fourth-order valence-corrected chi connectivity index (χ4v) is 4.46. The molecule has 2 rings (SSSR count). The van der Waals surface area contributed by atoms with Gasteiger partial charge in [0.15, 0.2) is 0 Å². The lowest BCUT2D eigenvalue weighted by Crippen LogP contribution is -2.71. The number of carboxylic acids is 4. The van der Waals surface area contributed by atoms with Crippen molar-refractivity contribution in [1.29, 1.82) is 0 Å². The van der Waals surface area contributed by atoms with Crippen LogP contribution in [0.3, 0.4) is 0 Å². The van der Waals surface area contributed by atoms with E-state index < -0.39 is 58.4 Å². The highest BCUT2D eigenvalue weighted by Crippen LogP contribution is 2.70. The number of hydrogen-bond donors (Lipinski definition) is 4. The molecule has 0 aromatic rings. The van der Waals surface area contributed by atoms with Crippen LogP contribution in [0.5, 0.6) is 0 Å². The minimum absolute atomic E-state index is 0.136. The summed E-state index contributed by atoms with van der Waals surface area (Å²) in [5.41, 5.74) is -3.22. The third-order valence-corrected chi connectivity index (χ3v) is 6.07. The van der Waals surface area contributed by atoms with Gasteiger partial charge < -0.3 is 20.4 Å². The summed E-state index contributed by atoms with van der Waals surface area (Å²) in [6.07, 6.45) is -0.273. The molecular weight excluding hydrogens is 296 g/mol. The Balaban J connectivity index is 2.47. The molecule has 6 unspecified atom stereocenters. The quantitative estimate of drug-likeness (QED) is 0.589. The summed E-state index contributed by atoms with van der Waals surface area (Å²) in [5.74, 6) is -8.89. The van der Waals surface area contributed by atoms with Crippen molar-refractivity contribution in [3.8, 4) is 0 Å². The van der Waals surface area contributed by atoms with Gasteiger partial charge in [-0.3, -0.25) is 19.2 Å². The normalized spacial score (nSPS) is 43.5. The number of rotatable bonds is 4. The molecule has 8 nitrogen and oxygen atoms in total. The number of fused-ring (bicyclic) bond motifs is 1. The van der Waals surface area contributed by atoms with Crippen LogP contribution in [0.2, 0.25) is 0 Å². The van der Waals surface area contributed by atoms with E-state index in [0.717, 1.165) is 0 Å². The predicted molar refractivity (Wildman–Crippen MR) is 70.0 cm³/mol. The molecule has 0 aliphatic heterocycles. The second-order valence-electron chi connectivity index (χ2n) is 6.59. The van der Waals surface area contributed by atoms with Crippen LogP contribution in [0.4, 0.5) is 0 Å². The fraction of sp³-hybridized carbons (Fsp3) is 0.714. The van der Waals surface area contributed by atoms with Gasteiger partial charge in [-0.05, 0) is 38.5 Å². The molecule has 122 valence electrons. The van der Waals surface area contributed by atoms with Crippen molar-refractivity contribution in [2.75, 3.05) is 0 Å². The van der Waals surface area contributed by atoms with E-state index in [0.29, 0.717) is 0 Å². The molecule has 2 saturated carbocycles. The third kappa shape index (κ3) is 1.69. The maximum atomic E-state index is 11.6. The van der Waals surface area contributed by atoms with Crippen LogP contribution in [-0.4, -0.2) is 44.3 Å². The second kappa shape index (κ2) is 4.69. The minimum atomic E-state index is -1.61. The summed E-state index contributed by atoms with van der Waals surface area (Å²) in [7, 11) is 0. The van der Waals surface area contributed by atoms with Crippen LogP contribution < -0.4 is 0 Å². The molecule has 2 aliphatic rings. The first-order valence-electron chi connectivity index (χ1n) is 6.92. The number of hydrogen-bond acceptors (Lipinski definition) is 4. The predicted octanol–water partition coefficient (Wildman–Crippen LogP) is 0.610. The van der Waals surface area contributed by atoms with Crippen molar-refractivity contribution in [1.82, 2.24) is 0 Å². The molecule has 0 heterocycles. The van der Waals surface area contributed by atoms with Gasteiger partial charge in [0, 0.05) is 0 Å². The molecule has 0 saturated heterocycles. The Kier molecular flexibility index (Phi) is 3.46. The zero-order chi connectivity index (χ0) is 17.0. The van der Waals surface area contributed by atoms with Crippen molar-refractivity contribution in [2.45, 2.75) is 26.7 Å². The van der Waals surface area contributed by atoms with Crippen LogP contribution in [0.15, 0.2) is 0 Å². The smallest absolute Gasteiger partial charge is 0.310 e. The Bertz CT molecular complexity index is 519. The first-order valence-corrected chi connectivity index (χ1v) is 6.92. The van der Waals surface area contributed by atoms with Crippen molar-refractivity contribution >= 4 is 23.9 Å². The minimum Gasteiger partial charge on any atom is -0.481 e. The van der Waals surface area contributed by atoms with Crippen molar-refractivity contribution in [2.24, 2.45) is 34.5 Å². The Morgan fingerprint density at radius 2 is 1.00 bits per heavy atom. The SMILES string of the molecule is CC1(C(=O)O)C2CC(C(=O)O)C(C(=O)O)CC2C1(C)C(=O)O. The zero-order valence-electron chi connectivity index (χ0n) is 12.1. The van der Waals surface area contributed by atoms with Crippen LogP contribution >= 0.6 is 0 Å². The van der Waals surface area contributed by atoms with Crippen molar-refractivity contribution in [3.63, 3.8) is 0 Å². The highest BCUT2D eigenvalue weighted by atomic mass is 16.4.